The molecule has 0 aliphatic carbocycles. The Morgan fingerprint density at radius 1 is 0.848 bits per heavy atom. The summed E-state index contributed by atoms with van der Waals surface area (Å²) in [6.07, 6.45) is 1.88. The first-order valence-corrected chi connectivity index (χ1v) is 11.4. The van der Waals surface area contributed by atoms with Crippen molar-refractivity contribution in [3.63, 3.8) is 0 Å². The van der Waals surface area contributed by atoms with E-state index in [0.717, 1.165) is 52.2 Å². The zero-order chi connectivity index (χ0) is 23.0. The van der Waals surface area contributed by atoms with Crippen LogP contribution in [0.4, 0.5) is 0 Å². The fourth-order valence-corrected chi connectivity index (χ4v) is 3.50. The van der Waals surface area contributed by atoms with Crippen LogP contribution in [0.15, 0.2) is 88.3 Å². The maximum Gasteiger partial charge on any atom is 0.135 e. The van der Waals surface area contributed by atoms with E-state index in [1.165, 1.54) is 0 Å². The Kier molecular flexibility index (Phi) is 7.30. The molecule has 0 unspecified atom stereocenters. The van der Waals surface area contributed by atoms with Crippen molar-refractivity contribution < 1.29 is 13.9 Å². The zero-order valence-corrected chi connectivity index (χ0v) is 19.2. The molecule has 4 rings (SSSR count). The predicted molar refractivity (Wildman–Crippen MR) is 134 cm³/mol. The van der Waals surface area contributed by atoms with Gasteiger partial charge in [0, 0.05) is 22.6 Å². The Hall–Kier alpha value is -3.73. The average molecular weight is 443 g/mol. The van der Waals surface area contributed by atoms with E-state index in [-0.39, 0.29) is 6.04 Å². The Morgan fingerprint density at radius 2 is 1.52 bits per heavy atom. The van der Waals surface area contributed by atoms with Gasteiger partial charge in [-0.2, -0.15) is 0 Å². The molecule has 0 saturated carbocycles. The molecule has 1 heterocycles. The standard InChI is InChI=1S/C28H30N2O3/c1-20(2)30-28(29)23-11-10-22-18-26(33-27(22)19-23)21-12-14-25(15-13-21)32-17-7-6-16-31-24-8-4-3-5-9-24/h3-5,8-15,18-20H,6-7,16-17H2,1-2H3,(H2,29,30). The molecule has 5 nitrogen and oxygen atoms in total. The molecule has 0 spiro atoms. The molecule has 0 amide bonds. The van der Waals surface area contributed by atoms with Crippen molar-refractivity contribution in [3.8, 4) is 22.8 Å². The molecule has 0 bridgehead atoms. The van der Waals surface area contributed by atoms with Crippen LogP contribution in [-0.2, 0) is 0 Å². The molecular weight excluding hydrogens is 412 g/mol. The second-order valence-electron chi connectivity index (χ2n) is 8.21. The second kappa shape index (κ2) is 10.7. The Balaban J connectivity index is 1.30. The highest BCUT2D eigenvalue weighted by Crippen LogP contribution is 2.29. The number of ether oxygens (including phenoxy) is 2. The monoisotopic (exact) mass is 442 g/mol. The summed E-state index contributed by atoms with van der Waals surface area (Å²) >= 11 is 0. The van der Waals surface area contributed by atoms with Gasteiger partial charge in [-0.25, -0.2) is 0 Å². The topological polar surface area (TPSA) is 70.0 Å². The van der Waals surface area contributed by atoms with Crippen LogP contribution in [0.3, 0.4) is 0 Å². The summed E-state index contributed by atoms with van der Waals surface area (Å²) in [5.41, 5.74) is 8.77. The SMILES string of the molecule is CC(C)N=C(N)c1ccc2cc(-c3ccc(OCCCCOc4ccccc4)cc3)oc2c1. The number of nitrogens with two attached hydrogens (primary N) is 1. The largest absolute Gasteiger partial charge is 0.494 e. The maximum absolute atomic E-state index is 6.10. The molecule has 0 saturated heterocycles. The van der Waals surface area contributed by atoms with Gasteiger partial charge in [0.25, 0.3) is 0 Å². The van der Waals surface area contributed by atoms with E-state index >= 15 is 0 Å². The van der Waals surface area contributed by atoms with E-state index in [9.17, 15) is 0 Å². The number of nitrogens with zero attached hydrogens (tertiary/aromatic N) is 1. The molecular formula is C28H30N2O3. The number of benzene rings is 3. The van der Waals surface area contributed by atoms with Crippen LogP contribution < -0.4 is 15.2 Å². The molecule has 0 aliphatic rings. The van der Waals surface area contributed by atoms with Gasteiger partial charge in [0.2, 0.25) is 0 Å². The normalized spacial score (nSPS) is 11.8. The van der Waals surface area contributed by atoms with Gasteiger partial charge in [-0.05, 0) is 75.2 Å². The van der Waals surface area contributed by atoms with Gasteiger partial charge < -0.3 is 19.6 Å². The molecule has 2 N–H and O–H groups in total. The smallest absolute Gasteiger partial charge is 0.135 e. The van der Waals surface area contributed by atoms with Gasteiger partial charge in [0.05, 0.1) is 13.2 Å². The number of hydrogen-bond donors (Lipinski definition) is 1. The first-order chi connectivity index (χ1) is 16.1. The van der Waals surface area contributed by atoms with Crippen molar-refractivity contribution in [3.05, 3.63) is 84.4 Å². The van der Waals surface area contributed by atoms with Crippen molar-refractivity contribution in [1.82, 2.24) is 0 Å². The minimum atomic E-state index is 0.149. The number of furan rings is 1. The second-order valence-corrected chi connectivity index (χ2v) is 8.21. The molecule has 0 atom stereocenters. The number of rotatable bonds is 10. The highest BCUT2D eigenvalue weighted by atomic mass is 16.5. The third-order valence-corrected chi connectivity index (χ3v) is 5.17. The third kappa shape index (κ3) is 6.16. The van der Waals surface area contributed by atoms with Crippen LogP contribution in [0.2, 0.25) is 0 Å². The summed E-state index contributed by atoms with van der Waals surface area (Å²) in [5.74, 6) is 3.09. The Bertz CT molecular complexity index is 1200. The van der Waals surface area contributed by atoms with E-state index in [2.05, 4.69) is 4.99 Å². The predicted octanol–water partition coefficient (Wildman–Crippen LogP) is 6.45. The molecule has 33 heavy (non-hydrogen) atoms. The molecule has 0 fully saturated rings. The third-order valence-electron chi connectivity index (χ3n) is 5.17. The van der Waals surface area contributed by atoms with E-state index in [1.54, 1.807) is 0 Å². The quantitative estimate of drug-likeness (QED) is 0.174. The number of hydrogen-bond acceptors (Lipinski definition) is 4. The molecule has 0 aliphatic heterocycles. The van der Waals surface area contributed by atoms with Gasteiger partial charge in [-0.3, -0.25) is 4.99 Å². The molecule has 0 radical (unpaired) electrons. The van der Waals surface area contributed by atoms with E-state index in [0.29, 0.717) is 19.0 Å². The van der Waals surface area contributed by atoms with Gasteiger partial charge in [-0.15, -0.1) is 0 Å². The minimum absolute atomic E-state index is 0.149. The zero-order valence-electron chi connectivity index (χ0n) is 19.2. The Labute approximate surface area is 194 Å². The number of para-hydroxylation sites is 1. The van der Waals surface area contributed by atoms with Crippen molar-refractivity contribution >= 4 is 16.8 Å². The summed E-state index contributed by atoms with van der Waals surface area (Å²) < 4.78 is 17.7. The van der Waals surface area contributed by atoms with Crippen LogP contribution in [0.1, 0.15) is 32.3 Å². The van der Waals surface area contributed by atoms with Crippen LogP contribution in [-0.4, -0.2) is 25.1 Å². The summed E-state index contributed by atoms with van der Waals surface area (Å²) in [4.78, 5) is 4.42. The molecule has 5 heteroatoms. The van der Waals surface area contributed by atoms with E-state index in [1.807, 2.05) is 92.7 Å². The molecule has 170 valence electrons. The summed E-state index contributed by atoms with van der Waals surface area (Å²) in [6.45, 7) is 5.35. The van der Waals surface area contributed by atoms with Crippen molar-refractivity contribution in [2.45, 2.75) is 32.7 Å². The molecule has 3 aromatic carbocycles. The van der Waals surface area contributed by atoms with Gasteiger partial charge in [0.1, 0.15) is 28.7 Å². The fraction of sp³-hybridized carbons (Fsp3) is 0.250. The van der Waals surface area contributed by atoms with Crippen molar-refractivity contribution in [2.75, 3.05) is 13.2 Å². The van der Waals surface area contributed by atoms with Gasteiger partial charge in [-0.1, -0.05) is 30.3 Å². The number of amidine groups is 1. The van der Waals surface area contributed by atoms with Crippen LogP contribution in [0.5, 0.6) is 11.5 Å². The maximum atomic E-state index is 6.10. The van der Waals surface area contributed by atoms with Crippen LogP contribution in [0.25, 0.3) is 22.3 Å². The minimum Gasteiger partial charge on any atom is -0.494 e. The van der Waals surface area contributed by atoms with Crippen molar-refractivity contribution in [1.29, 1.82) is 0 Å². The lowest BCUT2D eigenvalue weighted by molar-refractivity contribution is 0.266. The summed E-state index contributed by atoms with van der Waals surface area (Å²) in [5, 5.41) is 1.03. The first kappa shape index (κ1) is 22.5. The summed E-state index contributed by atoms with van der Waals surface area (Å²) in [6, 6.07) is 26.0. The average Bonchev–Trinajstić information content (AvgIpc) is 3.25. The van der Waals surface area contributed by atoms with Crippen LogP contribution in [0, 0.1) is 0 Å². The van der Waals surface area contributed by atoms with E-state index < -0.39 is 0 Å². The lowest BCUT2D eigenvalue weighted by atomic mass is 10.1. The first-order valence-electron chi connectivity index (χ1n) is 11.4. The number of unbranched alkanes of at least 4 members (excludes halogenated alkanes) is 1. The highest BCUT2D eigenvalue weighted by Gasteiger charge is 2.09. The highest BCUT2D eigenvalue weighted by molar-refractivity contribution is 6.00. The van der Waals surface area contributed by atoms with Gasteiger partial charge in [0.15, 0.2) is 0 Å². The number of fused-ring (bicyclic) bond motifs is 1. The molecule has 4 aromatic rings. The lowest BCUT2D eigenvalue weighted by Crippen LogP contribution is -2.15. The lowest BCUT2D eigenvalue weighted by Gasteiger charge is -2.08. The number of aliphatic imine (C=N–C) groups is 1. The van der Waals surface area contributed by atoms with Gasteiger partial charge >= 0.3 is 0 Å². The van der Waals surface area contributed by atoms with Crippen LogP contribution >= 0.6 is 0 Å². The molecule has 1 aromatic heterocycles. The summed E-state index contributed by atoms with van der Waals surface area (Å²) in [7, 11) is 0. The van der Waals surface area contributed by atoms with Crippen molar-refractivity contribution in [2.24, 2.45) is 10.7 Å². The Morgan fingerprint density at radius 3 is 2.18 bits per heavy atom. The van der Waals surface area contributed by atoms with E-state index in [4.69, 9.17) is 19.6 Å². The fourth-order valence-electron chi connectivity index (χ4n) is 3.50.